The van der Waals surface area contributed by atoms with Crippen molar-refractivity contribution >= 4 is 77.7 Å². The Morgan fingerprint density at radius 3 is 1.88 bits per heavy atom. The molecule has 0 radical (unpaired) electrons. The largest absolute Gasteiger partial charge is 0.467 e. The number of aliphatic hydroxyl groups is 1. The van der Waals surface area contributed by atoms with Gasteiger partial charge in [0.1, 0.15) is 12.5 Å². The second kappa shape index (κ2) is 25.2. The number of hydrogen-bond donors (Lipinski definition) is 1. The normalized spacial score (nSPS) is 15.3. The van der Waals surface area contributed by atoms with E-state index in [0.29, 0.717) is 58.3 Å². The Morgan fingerprint density at radius 2 is 1.41 bits per heavy atom. The van der Waals surface area contributed by atoms with Crippen LogP contribution < -0.4 is 0 Å². The lowest BCUT2D eigenvalue weighted by molar-refractivity contribution is -0.128. The topological polar surface area (TPSA) is 72.8 Å². The summed E-state index contributed by atoms with van der Waals surface area (Å²) in [6.07, 6.45) is 8.60. The predicted octanol–water partition coefficient (Wildman–Crippen LogP) is 10.4. The van der Waals surface area contributed by atoms with Gasteiger partial charge >= 0.3 is 0 Å². The zero-order valence-corrected chi connectivity index (χ0v) is 32.4. The molecule has 1 N–H and O–H groups in total. The predicted molar refractivity (Wildman–Crippen MR) is 194 cm³/mol. The van der Waals surface area contributed by atoms with Crippen LogP contribution in [-0.2, 0) is 19.1 Å². The monoisotopic (exact) mass is 692 g/mol. The fourth-order valence-electron chi connectivity index (χ4n) is 3.81. The second-order valence-electron chi connectivity index (χ2n) is 13.8. The van der Waals surface area contributed by atoms with Crippen molar-refractivity contribution < 1.29 is 24.2 Å². The molecule has 1 rings (SSSR count). The van der Waals surface area contributed by atoms with E-state index in [2.05, 4.69) is 78.7 Å². The smallest absolute Gasteiger partial charge is 0.293 e. The molecule has 1 unspecified atom stereocenters. The van der Waals surface area contributed by atoms with Crippen LogP contribution in [0.1, 0.15) is 114 Å². The zero-order chi connectivity index (χ0) is 31.8. The van der Waals surface area contributed by atoms with Crippen molar-refractivity contribution in [2.45, 2.75) is 124 Å². The molecule has 1 fully saturated rings. The van der Waals surface area contributed by atoms with E-state index in [1.807, 2.05) is 43.2 Å². The summed E-state index contributed by atoms with van der Waals surface area (Å²) in [5.74, 6) is 3.58. The lowest BCUT2D eigenvalue weighted by Crippen LogP contribution is -2.36. The number of aliphatic hydroxyl groups excluding tert-OH is 1. The minimum absolute atomic E-state index is 0.321. The van der Waals surface area contributed by atoms with E-state index in [0.717, 1.165) is 23.7 Å². The van der Waals surface area contributed by atoms with Gasteiger partial charge in [0.05, 0.1) is 0 Å². The number of rotatable bonds is 19. The Labute approximate surface area is 277 Å². The van der Waals surface area contributed by atoms with Crippen LogP contribution in [0.2, 0.25) is 0 Å². The first-order chi connectivity index (χ1) is 19.0. The molecule has 0 aromatic carbocycles. The van der Waals surface area contributed by atoms with Crippen molar-refractivity contribution in [3.63, 3.8) is 0 Å². The van der Waals surface area contributed by atoms with Crippen molar-refractivity contribution in [1.29, 1.82) is 0 Å². The number of carbonyl (C=O) groups is 2. The van der Waals surface area contributed by atoms with Crippen molar-refractivity contribution in [2.24, 2.45) is 16.2 Å². The average Bonchev–Trinajstić information content (AvgIpc) is 2.80. The van der Waals surface area contributed by atoms with Gasteiger partial charge in [0.2, 0.25) is 0 Å². The molecule has 0 aromatic heterocycles. The molecule has 0 bridgehead atoms. The fraction of sp³-hybridized carbons (Fsp3) is 0.933. The Balaban J connectivity index is 0. The molecule has 1 aliphatic rings. The third-order valence-corrected chi connectivity index (χ3v) is 13.7. The second-order valence-corrected chi connectivity index (χ2v) is 22.2. The maximum absolute atomic E-state index is 10.00. The van der Waals surface area contributed by atoms with Crippen LogP contribution in [0.5, 0.6) is 0 Å². The van der Waals surface area contributed by atoms with Gasteiger partial charge in [0.25, 0.3) is 12.9 Å². The van der Waals surface area contributed by atoms with E-state index >= 15 is 0 Å². The van der Waals surface area contributed by atoms with E-state index in [1.165, 1.54) is 38.5 Å². The van der Waals surface area contributed by atoms with E-state index in [1.54, 1.807) is 21.6 Å². The van der Waals surface area contributed by atoms with Crippen molar-refractivity contribution in [3.05, 3.63) is 0 Å². The van der Waals surface area contributed by atoms with Gasteiger partial charge < -0.3 is 14.6 Å². The molecule has 11 heteroatoms. The summed E-state index contributed by atoms with van der Waals surface area (Å²) in [5.41, 5.74) is 1.25. The van der Waals surface area contributed by atoms with Gasteiger partial charge in [-0.05, 0) is 54.8 Å². The quantitative estimate of drug-likeness (QED) is 0.0608. The van der Waals surface area contributed by atoms with E-state index < -0.39 is 0 Å². The zero-order valence-electron chi connectivity index (χ0n) is 27.5. The first kappa shape index (κ1) is 44.1. The van der Waals surface area contributed by atoms with E-state index in [4.69, 9.17) is 5.11 Å². The van der Waals surface area contributed by atoms with Crippen LogP contribution in [0.4, 0.5) is 0 Å². The molecule has 0 aliphatic heterocycles. The van der Waals surface area contributed by atoms with Crippen LogP contribution >= 0.6 is 64.8 Å². The Bertz CT molecular complexity index is 628. The third kappa shape index (κ3) is 33.7. The fourth-order valence-corrected chi connectivity index (χ4v) is 11.8. The third-order valence-electron chi connectivity index (χ3n) is 5.43. The highest BCUT2D eigenvalue weighted by Gasteiger charge is 2.40. The molecule has 246 valence electrons. The van der Waals surface area contributed by atoms with Gasteiger partial charge in [0, 0.05) is 33.9 Å². The van der Waals surface area contributed by atoms with Crippen LogP contribution in [0, 0.1) is 16.2 Å². The van der Waals surface area contributed by atoms with E-state index in [-0.39, 0.29) is 0 Å². The number of ether oxygens (including phenoxy) is 2. The molecule has 1 saturated carbocycles. The van der Waals surface area contributed by atoms with Crippen LogP contribution in [0.15, 0.2) is 0 Å². The van der Waals surface area contributed by atoms with Crippen LogP contribution in [0.25, 0.3) is 0 Å². The Hall–Kier alpha value is 1.00. The van der Waals surface area contributed by atoms with Gasteiger partial charge in [-0.15, -0.1) is 0 Å². The summed E-state index contributed by atoms with van der Waals surface area (Å²) in [7, 11) is 11.0. The number of carbonyl (C=O) groups excluding carboxylic acids is 2. The Morgan fingerprint density at radius 1 is 0.805 bits per heavy atom. The number of hydrogen-bond acceptors (Lipinski definition) is 11. The molecule has 1 aliphatic carbocycles. The maximum Gasteiger partial charge on any atom is 0.293 e. The first-order valence-corrected chi connectivity index (χ1v) is 21.7. The SMILES string of the molecule is CC(C)(C)CC1(SSCOC=O)CCC1.CC(C)(C)CCSSCCOC=O.CC(CC(C)(C)C)SSCCCO. The van der Waals surface area contributed by atoms with E-state index in [9.17, 15) is 9.59 Å². The highest BCUT2D eigenvalue weighted by atomic mass is 33.1. The summed E-state index contributed by atoms with van der Waals surface area (Å²) < 4.78 is 9.70. The van der Waals surface area contributed by atoms with Gasteiger partial charge in [-0.2, -0.15) is 0 Å². The minimum Gasteiger partial charge on any atom is -0.467 e. The highest BCUT2D eigenvalue weighted by Crippen LogP contribution is 2.54. The summed E-state index contributed by atoms with van der Waals surface area (Å²) >= 11 is 0. The molecule has 0 amide bonds. The van der Waals surface area contributed by atoms with Crippen molar-refractivity contribution in [3.8, 4) is 0 Å². The summed E-state index contributed by atoms with van der Waals surface area (Å²) in [6.45, 7) is 24.6. The molecule has 0 heterocycles. The standard InChI is InChI=1S/C11H20O2S2.C10H22OS2.C9H18O2S2/c1-10(2,3)7-11(5-4-6-11)15-14-9-13-8-12;1-9(8-10(2,3)4)13-12-7-5-6-11;1-9(2,3)4-6-12-13-7-5-11-8-10/h8H,4-7,9H2,1-3H3;9,11H,5-8H2,1-4H3;8H,4-7H2,1-3H3. The van der Waals surface area contributed by atoms with Gasteiger partial charge in [-0.3, -0.25) is 9.59 Å². The van der Waals surface area contributed by atoms with Crippen molar-refractivity contribution in [2.75, 3.05) is 36.4 Å². The summed E-state index contributed by atoms with van der Waals surface area (Å²) in [5, 5.41) is 9.31. The molecule has 1 atom stereocenters. The molecule has 5 nitrogen and oxygen atoms in total. The molecular formula is C30H60O5S6. The first-order valence-electron chi connectivity index (χ1n) is 14.5. The summed E-state index contributed by atoms with van der Waals surface area (Å²) in [6, 6.07) is 0. The molecule has 0 aromatic rings. The lowest BCUT2D eigenvalue weighted by atomic mass is 9.73. The van der Waals surface area contributed by atoms with Gasteiger partial charge in [-0.1, -0.05) is 140 Å². The average molecular weight is 693 g/mol. The van der Waals surface area contributed by atoms with Gasteiger partial charge in [-0.25, -0.2) is 0 Å². The maximum atomic E-state index is 10.00. The van der Waals surface area contributed by atoms with Gasteiger partial charge in [0.15, 0.2) is 0 Å². The highest BCUT2D eigenvalue weighted by molar-refractivity contribution is 8.77. The molecule has 0 saturated heterocycles. The van der Waals surface area contributed by atoms with Crippen LogP contribution in [0.3, 0.4) is 0 Å². The minimum atomic E-state index is 0.321. The van der Waals surface area contributed by atoms with Crippen LogP contribution in [-0.4, -0.2) is 64.5 Å². The lowest BCUT2D eigenvalue weighted by Gasteiger charge is -2.44. The molecular weight excluding hydrogens is 633 g/mol. The van der Waals surface area contributed by atoms with Crippen molar-refractivity contribution in [1.82, 2.24) is 0 Å². The molecule has 41 heavy (non-hydrogen) atoms. The summed E-state index contributed by atoms with van der Waals surface area (Å²) in [4.78, 5) is 19.8. The Kier molecular flexibility index (Phi) is 27.1. The molecule has 0 spiro atoms.